The van der Waals surface area contributed by atoms with Crippen LogP contribution in [0.1, 0.15) is 11.3 Å². The van der Waals surface area contributed by atoms with Crippen molar-refractivity contribution >= 4 is 51.4 Å². The van der Waals surface area contributed by atoms with Crippen molar-refractivity contribution in [2.45, 2.75) is 0 Å². The zero-order chi connectivity index (χ0) is 20.7. The van der Waals surface area contributed by atoms with E-state index in [-0.39, 0.29) is 11.4 Å². The fraction of sp³-hybridized carbons (Fsp3) is 0. The van der Waals surface area contributed by atoms with Gasteiger partial charge in [-0.1, -0.05) is 11.6 Å². The number of amides is 1. The lowest BCUT2D eigenvalue weighted by molar-refractivity contribution is -0.114. The molecule has 0 radical (unpaired) electrons. The van der Waals surface area contributed by atoms with Crippen molar-refractivity contribution in [2.24, 2.45) is 10.1 Å². The molecule has 0 unspecified atom stereocenters. The van der Waals surface area contributed by atoms with Gasteiger partial charge in [0.2, 0.25) is 5.17 Å². The third-order valence-electron chi connectivity index (χ3n) is 4.41. The van der Waals surface area contributed by atoms with Gasteiger partial charge in [0.25, 0.3) is 5.91 Å². The van der Waals surface area contributed by atoms with E-state index in [0.717, 1.165) is 11.1 Å². The van der Waals surface area contributed by atoms with E-state index in [9.17, 15) is 4.79 Å². The smallest absolute Gasteiger partial charge is 0.283 e. The normalized spacial score (nSPS) is 17.2. The Morgan fingerprint density at radius 1 is 1.10 bits per heavy atom. The molecule has 0 saturated carbocycles. The van der Waals surface area contributed by atoms with Crippen molar-refractivity contribution in [1.29, 1.82) is 5.41 Å². The first-order chi connectivity index (χ1) is 14.6. The predicted molar refractivity (Wildman–Crippen MR) is 118 cm³/mol. The molecular formula is C21H12ClN5O2S. The molecule has 1 amide bonds. The number of thioether (sulfide) groups is 1. The lowest BCUT2D eigenvalue weighted by Gasteiger charge is -2.19. The first kappa shape index (κ1) is 18.5. The quantitative estimate of drug-likeness (QED) is 0.606. The molecule has 2 aliphatic heterocycles. The summed E-state index contributed by atoms with van der Waals surface area (Å²) in [6, 6.07) is 14.4. The van der Waals surface area contributed by atoms with Crippen molar-refractivity contribution in [3.8, 4) is 11.3 Å². The fourth-order valence-corrected chi connectivity index (χ4v) is 3.95. The van der Waals surface area contributed by atoms with Gasteiger partial charge in [-0.2, -0.15) is 15.1 Å². The van der Waals surface area contributed by atoms with E-state index in [1.54, 1.807) is 42.7 Å². The summed E-state index contributed by atoms with van der Waals surface area (Å²) in [5.74, 6) is 0.507. The summed E-state index contributed by atoms with van der Waals surface area (Å²) in [7, 11) is 0. The summed E-state index contributed by atoms with van der Waals surface area (Å²) in [5, 5.41) is 15.9. The summed E-state index contributed by atoms with van der Waals surface area (Å²) < 4.78 is 5.83. The number of amidine groups is 2. The molecule has 2 aliphatic rings. The largest absolute Gasteiger partial charge is 0.457 e. The first-order valence-electron chi connectivity index (χ1n) is 8.85. The highest BCUT2D eigenvalue weighted by Gasteiger charge is 2.36. The third kappa shape index (κ3) is 3.36. The number of carbonyl (C=O) groups excluding carboxylic acids is 1. The Labute approximate surface area is 180 Å². The van der Waals surface area contributed by atoms with Gasteiger partial charge in [-0.15, -0.1) is 0 Å². The molecule has 0 saturated heterocycles. The Hall–Kier alpha value is -3.49. The first-order valence-corrected chi connectivity index (χ1v) is 10.0. The number of rotatable bonds is 3. The summed E-state index contributed by atoms with van der Waals surface area (Å²) in [6.45, 7) is 0. The average Bonchev–Trinajstić information content (AvgIpc) is 3.40. The van der Waals surface area contributed by atoms with Gasteiger partial charge in [-0.25, -0.2) is 0 Å². The number of aliphatic imine (C=N–C) groups is 1. The highest BCUT2D eigenvalue weighted by Crippen LogP contribution is 2.31. The van der Waals surface area contributed by atoms with Crippen LogP contribution in [0.4, 0.5) is 0 Å². The summed E-state index contributed by atoms with van der Waals surface area (Å²) in [5.41, 5.74) is 1.76. The number of hydrogen-bond acceptors (Lipinski definition) is 6. The number of benzene rings is 1. The standard InChI is InChI=1S/C21H12ClN5O2S/c22-14-5-3-12(4-6-14)17-8-7-15(29-17)10-16-18(23)27-21(25-19(16)28)30-20(26-27)13-2-1-9-24-11-13/h1-11,23H. The molecule has 2 aromatic heterocycles. The van der Waals surface area contributed by atoms with E-state index in [4.69, 9.17) is 21.4 Å². The van der Waals surface area contributed by atoms with Crippen LogP contribution in [0.15, 0.2) is 81.0 Å². The van der Waals surface area contributed by atoms with Crippen LogP contribution in [-0.4, -0.2) is 31.9 Å². The molecule has 5 rings (SSSR count). The molecule has 9 heteroatoms. The predicted octanol–water partition coefficient (Wildman–Crippen LogP) is 4.66. The van der Waals surface area contributed by atoms with Crippen LogP contribution >= 0.6 is 23.4 Å². The Balaban J connectivity index is 1.44. The number of nitrogens with zero attached hydrogens (tertiary/aromatic N) is 4. The van der Waals surface area contributed by atoms with Crippen molar-refractivity contribution < 1.29 is 9.21 Å². The number of pyridine rings is 1. The minimum absolute atomic E-state index is 0.0548. The number of hydrazone groups is 1. The van der Waals surface area contributed by atoms with Crippen LogP contribution in [0.5, 0.6) is 0 Å². The lowest BCUT2D eigenvalue weighted by Crippen LogP contribution is -2.35. The van der Waals surface area contributed by atoms with Gasteiger partial charge in [0.15, 0.2) is 5.84 Å². The van der Waals surface area contributed by atoms with E-state index in [2.05, 4.69) is 15.1 Å². The van der Waals surface area contributed by atoms with Gasteiger partial charge < -0.3 is 4.42 Å². The lowest BCUT2D eigenvalue weighted by atomic mass is 10.1. The van der Waals surface area contributed by atoms with Gasteiger partial charge in [0, 0.05) is 28.5 Å². The molecule has 0 aliphatic carbocycles. The Morgan fingerprint density at radius 3 is 2.70 bits per heavy atom. The van der Waals surface area contributed by atoms with Crippen LogP contribution in [0, 0.1) is 5.41 Å². The van der Waals surface area contributed by atoms with Crippen molar-refractivity contribution in [3.63, 3.8) is 0 Å². The molecule has 3 aromatic rings. The fourth-order valence-electron chi connectivity index (χ4n) is 2.94. The van der Waals surface area contributed by atoms with E-state index in [1.807, 2.05) is 18.2 Å². The van der Waals surface area contributed by atoms with Gasteiger partial charge in [-0.05, 0) is 66.4 Å². The second-order valence-electron chi connectivity index (χ2n) is 6.38. The van der Waals surface area contributed by atoms with E-state index < -0.39 is 5.91 Å². The summed E-state index contributed by atoms with van der Waals surface area (Å²) in [6.07, 6.45) is 4.85. The summed E-state index contributed by atoms with van der Waals surface area (Å²) in [4.78, 5) is 20.7. The van der Waals surface area contributed by atoms with Gasteiger partial charge in [0.1, 0.15) is 16.6 Å². The molecule has 0 bridgehead atoms. The minimum atomic E-state index is -0.508. The molecule has 0 fully saturated rings. The maximum absolute atomic E-state index is 12.6. The van der Waals surface area contributed by atoms with Crippen molar-refractivity contribution in [2.75, 3.05) is 0 Å². The summed E-state index contributed by atoms with van der Waals surface area (Å²) >= 11 is 7.15. The molecule has 1 N–H and O–H groups in total. The van der Waals surface area contributed by atoms with Gasteiger partial charge in [0.05, 0.1) is 5.57 Å². The van der Waals surface area contributed by atoms with E-state index in [0.29, 0.717) is 26.8 Å². The number of hydrogen-bond donors (Lipinski definition) is 1. The molecule has 0 spiro atoms. The third-order valence-corrected chi connectivity index (χ3v) is 5.61. The van der Waals surface area contributed by atoms with Crippen molar-refractivity contribution in [1.82, 2.24) is 9.99 Å². The van der Waals surface area contributed by atoms with Gasteiger partial charge >= 0.3 is 0 Å². The average molecular weight is 434 g/mol. The van der Waals surface area contributed by atoms with Crippen LogP contribution in [-0.2, 0) is 4.79 Å². The Bertz CT molecular complexity index is 1260. The Kier molecular flexibility index (Phi) is 4.57. The SMILES string of the molecule is N=C1C(=Cc2ccc(-c3ccc(Cl)cc3)o2)C(=O)N=C2SC(c3cccnc3)=NN12. The molecule has 0 atom stereocenters. The van der Waals surface area contributed by atoms with E-state index in [1.165, 1.54) is 22.8 Å². The number of fused-ring (bicyclic) bond motifs is 1. The second kappa shape index (κ2) is 7.40. The maximum Gasteiger partial charge on any atom is 0.283 e. The molecule has 146 valence electrons. The molecule has 30 heavy (non-hydrogen) atoms. The molecule has 7 nitrogen and oxygen atoms in total. The number of halogens is 1. The minimum Gasteiger partial charge on any atom is -0.457 e. The zero-order valence-electron chi connectivity index (χ0n) is 15.2. The highest BCUT2D eigenvalue weighted by atomic mass is 35.5. The van der Waals surface area contributed by atoms with Crippen LogP contribution in [0.3, 0.4) is 0 Å². The maximum atomic E-state index is 12.6. The molecular weight excluding hydrogens is 422 g/mol. The number of carbonyl (C=O) groups is 1. The van der Waals surface area contributed by atoms with Crippen LogP contribution < -0.4 is 0 Å². The second-order valence-corrected chi connectivity index (χ2v) is 7.77. The number of nitrogens with one attached hydrogen (secondary N) is 1. The highest BCUT2D eigenvalue weighted by molar-refractivity contribution is 8.27. The van der Waals surface area contributed by atoms with E-state index >= 15 is 0 Å². The van der Waals surface area contributed by atoms with Gasteiger partial charge in [-0.3, -0.25) is 15.2 Å². The molecule has 4 heterocycles. The topological polar surface area (TPSA) is 94.9 Å². The number of aromatic nitrogens is 1. The van der Waals surface area contributed by atoms with Crippen LogP contribution in [0.25, 0.3) is 17.4 Å². The Morgan fingerprint density at radius 2 is 1.93 bits per heavy atom. The van der Waals surface area contributed by atoms with Crippen molar-refractivity contribution in [3.05, 3.63) is 82.8 Å². The number of furan rings is 1. The monoisotopic (exact) mass is 433 g/mol. The van der Waals surface area contributed by atoms with Crippen LogP contribution in [0.2, 0.25) is 5.02 Å². The zero-order valence-corrected chi connectivity index (χ0v) is 16.8. The molecule has 1 aromatic carbocycles.